The molecule has 0 amide bonds. The molecule has 0 bridgehead atoms. The van der Waals surface area contributed by atoms with Crippen LogP contribution in [0.5, 0.6) is 0 Å². The van der Waals surface area contributed by atoms with Gasteiger partial charge >= 0.3 is 0 Å². The van der Waals surface area contributed by atoms with Crippen LogP contribution in [-0.4, -0.2) is 20.6 Å². The summed E-state index contributed by atoms with van der Waals surface area (Å²) >= 11 is 6.24. The van der Waals surface area contributed by atoms with Crippen molar-refractivity contribution in [2.45, 2.75) is 32.3 Å². The summed E-state index contributed by atoms with van der Waals surface area (Å²) in [6, 6.07) is 5.86. The minimum atomic E-state index is -0.252. The first kappa shape index (κ1) is 11.1. The van der Waals surface area contributed by atoms with Gasteiger partial charge in [0.1, 0.15) is 5.65 Å². The Morgan fingerprint density at radius 3 is 2.88 bits per heavy atom. The molecule has 17 heavy (non-hydrogen) atoms. The molecule has 3 rings (SSSR count). The van der Waals surface area contributed by atoms with Gasteiger partial charge in [0.05, 0.1) is 11.8 Å². The van der Waals surface area contributed by atoms with Crippen LogP contribution < -0.4 is 0 Å². The molecule has 2 unspecified atom stereocenters. The average molecular weight is 251 g/mol. The molecule has 4 heteroatoms. The van der Waals surface area contributed by atoms with Crippen LogP contribution >= 0.6 is 11.6 Å². The molecule has 2 heterocycles. The number of imidazole rings is 1. The highest BCUT2D eigenvalue weighted by Crippen LogP contribution is 2.53. The fourth-order valence-corrected chi connectivity index (χ4v) is 2.97. The van der Waals surface area contributed by atoms with Gasteiger partial charge in [0.25, 0.3) is 0 Å². The number of hydrogen-bond acceptors (Lipinski definition) is 2. The standard InChI is InChI=1S/C13H15ClN2O/c1-13(2)8(7-9(13)17)11-12(14)15-10-5-3-4-6-16(10)11/h3-6,8-9,17H,7H2,1-2H3. The molecule has 3 nitrogen and oxygen atoms in total. The van der Waals surface area contributed by atoms with Crippen LogP contribution in [0, 0.1) is 5.41 Å². The number of aromatic nitrogens is 2. The highest BCUT2D eigenvalue weighted by molar-refractivity contribution is 6.30. The zero-order valence-corrected chi connectivity index (χ0v) is 10.6. The average Bonchev–Trinajstić information content (AvgIpc) is 2.62. The lowest BCUT2D eigenvalue weighted by molar-refractivity contribution is -0.0641. The summed E-state index contributed by atoms with van der Waals surface area (Å²) in [7, 11) is 0. The molecule has 2 atom stereocenters. The van der Waals surface area contributed by atoms with Crippen molar-refractivity contribution in [1.82, 2.24) is 9.38 Å². The highest BCUT2D eigenvalue weighted by atomic mass is 35.5. The molecule has 1 aliphatic rings. The third-order valence-corrected chi connectivity index (χ3v) is 4.35. The van der Waals surface area contributed by atoms with E-state index in [1.165, 1.54) is 0 Å². The van der Waals surface area contributed by atoms with Crippen LogP contribution in [0.1, 0.15) is 31.9 Å². The second kappa shape index (κ2) is 3.47. The summed E-state index contributed by atoms with van der Waals surface area (Å²) in [5.74, 6) is 0.266. The van der Waals surface area contributed by atoms with Gasteiger partial charge in [-0.15, -0.1) is 0 Å². The molecule has 2 aromatic heterocycles. The molecule has 90 valence electrons. The number of nitrogens with zero attached hydrogens (tertiary/aromatic N) is 2. The van der Waals surface area contributed by atoms with E-state index in [4.69, 9.17) is 11.6 Å². The van der Waals surface area contributed by atoms with Crippen LogP contribution in [0.25, 0.3) is 5.65 Å². The van der Waals surface area contributed by atoms with Gasteiger partial charge in [-0.2, -0.15) is 0 Å². The van der Waals surface area contributed by atoms with Crippen molar-refractivity contribution in [2.24, 2.45) is 5.41 Å². The second-order valence-electron chi connectivity index (χ2n) is 5.34. The largest absolute Gasteiger partial charge is 0.393 e. The number of halogens is 1. The molecule has 0 spiro atoms. The van der Waals surface area contributed by atoms with Crippen LogP contribution in [0.15, 0.2) is 24.4 Å². The van der Waals surface area contributed by atoms with Gasteiger partial charge in [-0.3, -0.25) is 0 Å². The lowest BCUT2D eigenvalue weighted by Crippen LogP contribution is -2.47. The fourth-order valence-electron chi connectivity index (χ4n) is 2.66. The molecule has 1 N–H and O–H groups in total. The Balaban J connectivity index is 2.15. The van der Waals surface area contributed by atoms with Crippen LogP contribution in [0.3, 0.4) is 0 Å². The van der Waals surface area contributed by atoms with E-state index < -0.39 is 0 Å². The second-order valence-corrected chi connectivity index (χ2v) is 5.70. The molecule has 0 radical (unpaired) electrons. The van der Waals surface area contributed by atoms with Crippen LogP contribution in [0.2, 0.25) is 5.15 Å². The van der Waals surface area contributed by atoms with Gasteiger partial charge in [-0.1, -0.05) is 31.5 Å². The predicted octanol–water partition coefficient (Wildman–Crippen LogP) is 2.86. The van der Waals surface area contributed by atoms with Gasteiger partial charge in [0.2, 0.25) is 0 Å². The smallest absolute Gasteiger partial charge is 0.151 e. The molecule has 0 saturated heterocycles. The summed E-state index contributed by atoms with van der Waals surface area (Å²) in [5.41, 5.74) is 1.76. The normalized spacial score (nSPS) is 27.1. The van der Waals surface area contributed by atoms with Crippen LogP contribution in [0.4, 0.5) is 0 Å². The Kier molecular flexibility index (Phi) is 2.25. The van der Waals surface area contributed by atoms with Gasteiger partial charge in [0, 0.05) is 12.1 Å². The van der Waals surface area contributed by atoms with E-state index in [2.05, 4.69) is 18.8 Å². The number of aliphatic hydroxyl groups is 1. The predicted molar refractivity (Wildman–Crippen MR) is 67.3 cm³/mol. The minimum absolute atomic E-state index is 0.130. The van der Waals surface area contributed by atoms with Crippen molar-refractivity contribution in [2.75, 3.05) is 0 Å². The zero-order chi connectivity index (χ0) is 12.2. The maximum Gasteiger partial charge on any atom is 0.151 e. The van der Waals surface area contributed by atoms with Gasteiger partial charge < -0.3 is 9.51 Å². The lowest BCUT2D eigenvalue weighted by atomic mass is 9.59. The quantitative estimate of drug-likeness (QED) is 0.845. The van der Waals surface area contributed by atoms with Gasteiger partial charge in [-0.05, 0) is 24.0 Å². The first-order chi connectivity index (χ1) is 8.01. The summed E-state index contributed by atoms with van der Waals surface area (Å²) in [5, 5.41) is 10.4. The Labute approximate surface area is 105 Å². The molecular formula is C13H15ClN2O. The van der Waals surface area contributed by atoms with Crippen molar-refractivity contribution in [3.05, 3.63) is 35.2 Å². The van der Waals surface area contributed by atoms with E-state index in [1.54, 1.807) is 0 Å². The van der Waals surface area contributed by atoms with Crippen molar-refractivity contribution >= 4 is 17.2 Å². The van der Waals surface area contributed by atoms with E-state index in [0.29, 0.717) is 5.15 Å². The Hall–Kier alpha value is -1.06. The zero-order valence-electron chi connectivity index (χ0n) is 9.89. The monoisotopic (exact) mass is 250 g/mol. The third-order valence-electron chi connectivity index (χ3n) is 4.07. The summed E-state index contributed by atoms with van der Waals surface area (Å²) in [6.07, 6.45) is 2.48. The number of hydrogen-bond donors (Lipinski definition) is 1. The molecule has 1 aliphatic carbocycles. The van der Waals surface area contributed by atoms with E-state index in [1.807, 2.05) is 28.8 Å². The fraction of sp³-hybridized carbons (Fsp3) is 0.462. The van der Waals surface area contributed by atoms with E-state index in [0.717, 1.165) is 17.8 Å². The molecule has 1 fully saturated rings. The first-order valence-electron chi connectivity index (χ1n) is 5.82. The van der Waals surface area contributed by atoms with E-state index >= 15 is 0 Å². The maximum absolute atomic E-state index is 9.84. The van der Waals surface area contributed by atoms with Crippen molar-refractivity contribution < 1.29 is 5.11 Å². The SMILES string of the molecule is CC1(C)C(O)CC1c1c(Cl)nc2ccccn12. The van der Waals surface area contributed by atoms with E-state index in [9.17, 15) is 5.11 Å². The molecule has 1 saturated carbocycles. The van der Waals surface area contributed by atoms with Gasteiger partial charge in [0.15, 0.2) is 5.15 Å². The Bertz CT molecular complexity index is 576. The number of rotatable bonds is 1. The van der Waals surface area contributed by atoms with Crippen LogP contribution in [-0.2, 0) is 0 Å². The topological polar surface area (TPSA) is 37.5 Å². The highest BCUT2D eigenvalue weighted by Gasteiger charge is 2.50. The number of aliphatic hydroxyl groups excluding tert-OH is 1. The van der Waals surface area contributed by atoms with Crippen molar-refractivity contribution in [3.63, 3.8) is 0 Å². The molecule has 0 aromatic carbocycles. The first-order valence-corrected chi connectivity index (χ1v) is 6.20. The molecule has 0 aliphatic heterocycles. The lowest BCUT2D eigenvalue weighted by Gasteiger charge is -2.49. The minimum Gasteiger partial charge on any atom is -0.393 e. The third kappa shape index (κ3) is 1.42. The number of pyridine rings is 1. The maximum atomic E-state index is 9.84. The summed E-state index contributed by atoms with van der Waals surface area (Å²) < 4.78 is 2.03. The number of fused-ring (bicyclic) bond motifs is 1. The van der Waals surface area contributed by atoms with Gasteiger partial charge in [-0.25, -0.2) is 4.98 Å². The van der Waals surface area contributed by atoms with E-state index in [-0.39, 0.29) is 17.4 Å². The summed E-state index contributed by atoms with van der Waals surface area (Å²) in [4.78, 5) is 4.35. The van der Waals surface area contributed by atoms with Crippen molar-refractivity contribution in [3.8, 4) is 0 Å². The molecule has 2 aromatic rings. The summed E-state index contributed by atoms with van der Waals surface area (Å²) in [6.45, 7) is 4.15. The van der Waals surface area contributed by atoms with Crippen molar-refractivity contribution in [1.29, 1.82) is 0 Å². The Morgan fingerprint density at radius 1 is 1.47 bits per heavy atom. The Morgan fingerprint density at radius 2 is 2.24 bits per heavy atom. The molecular weight excluding hydrogens is 236 g/mol.